The van der Waals surface area contributed by atoms with Crippen molar-refractivity contribution in [2.45, 2.75) is 6.42 Å². The Hall–Kier alpha value is -3.27. The molecule has 0 radical (unpaired) electrons. The Labute approximate surface area is 152 Å². The highest BCUT2D eigenvalue weighted by molar-refractivity contribution is 6.04. The van der Waals surface area contributed by atoms with Crippen molar-refractivity contribution in [1.82, 2.24) is 0 Å². The van der Waals surface area contributed by atoms with Gasteiger partial charge in [0, 0.05) is 24.1 Å². The average Bonchev–Trinajstić information content (AvgIpc) is 2.82. The molecule has 0 aliphatic carbocycles. The number of methoxy groups -OCH3 is 2. The smallest absolute Gasteiger partial charge is 0.174 e. The van der Waals surface area contributed by atoms with Crippen LogP contribution in [0.15, 0.2) is 60.7 Å². The lowest BCUT2D eigenvalue weighted by atomic mass is 9.99. The van der Waals surface area contributed by atoms with E-state index >= 15 is 0 Å². The lowest BCUT2D eigenvalue weighted by molar-refractivity contribution is 0.0990. The predicted molar refractivity (Wildman–Crippen MR) is 99.5 cm³/mol. The van der Waals surface area contributed by atoms with E-state index in [0.717, 1.165) is 16.7 Å². The second-order valence-electron chi connectivity index (χ2n) is 6.09. The van der Waals surface area contributed by atoms with Gasteiger partial charge >= 0.3 is 0 Å². The van der Waals surface area contributed by atoms with Gasteiger partial charge in [0.05, 0.1) is 14.2 Å². The van der Waals surface area contributed by atoms with Crippen LogP contribution in [0.5, 0.6) is 23.0 Å². The molecule has 0 spiro atoms. The van der Waals surface area contributed by atoms with Gasteiger partial charge in [0.25, 0.3) is 0 Å². The van der Waals surface area contributed by atoms with E-state index in [4.69, 9.17) is 14.2 Å². The molecule has 4 heteroatoms. The van der Waals surface area contributed by atoms with E-state index in [9.17, 15) is 4.79 Å². The zero-order valence-corrected chi connectivity index (χ0v) is 14.6. The minimum absolute atomic E-state index is 0.0364. The summed E-state index contributed by atoms with van der Waals surface area (Å²) in [5, 5.41) is 0. The fourth-order valence-corrected chi connectivity index (χ4v) is 3.19. The second kappa shape index (κ2) is 6.56. The number of ether oxygens (including phenoxy) is 3. The van der Waals surface area contributed by atoms with E-state index in [1.165, 1.54) is 7.11 Å². The predicted octanol–water partition coefficient (Wildman–Crippen LogP) is 4.90. The molecule has 0 fully saturated rings. The average molecular weight is 346 g/mol. The van der Waals surface area contributed by atoms with Crippen LogP contribution >= 0.6 is 0 Å². The first-order chi connectivity index (χ1) is 12.7. The van der Waals surface area contributed by atoms with Gasteiger partial charge in [0.2, 0.25) is 0 Å². The number of ketones is 1. The number of rotatable bonds is 3. The van der Waals surface area contributed by atoms with Crippen molar-refractivity contribution in [3.63, 3.8) is 0 Å². The number of benzene rings is 3. The topological polar surface area (TPSA) is 44.8 Å². The fraction of sp³-hybridized carbons (Fsp3) is 0.136. The van der Waals surface area contributed by atoms with Gasteiger partial charge in [-0.15, -0.1) is 0 Å². The Morgan fingerprint density at radius 3 is 2.38 bits per heavy atom. The monoisotopic (exact) mass is 346 g/mol. The van der Waals surface area contributed by atoms with Gasteiger partial charge in [-0.25, -0.2) is 0 Å². The molecule has 1 aliphatic heterocycles. The van der Waals surface area contributed by atoms with Crippen molar-refractivity contribution in [3.8, 4) is 34.1 Å². The molecule has 3 aromatic carbocycles. The van der Waals surface area contributed by atoms with Crippen LogP contribution in [0.25, 0.3) is 11.1 Å². The summed E-state index contributed by atoms with van der Waals surface area (Å²) >= 11 is 0. The lowest BCUT2D eigenvalue weighted by Crippen LogP contribution is -2.05. The summed E-state index contributed by atoms with van der Waals surface area (Å²) in [7, 11) is 3.11. The van der Waals surface area contributed by atoms with Crippen LogP contribution in [0.3, 0.4) is 0 Å². The normalized spacial score (nSPS) is 12.5. The highest BCUT2D eigenvalue weighted by Gasteiger charge is 2.26. The molecule has 3 aromatic rings. The van der Waals surface area contributed by atoms with Crippen molar-refractivity contribution < 1.29 is 19.0 Å². The summed E-state index contributed by atoms with van der Waals surface area (Å²) in [4.78, 5) is 12.8. The van der Waals surface area contributed by atoms with E-state index < -0.39 is 0 Å². The maximum atomic E-state index is 12.8. The van der Waals surface area contributed by atoms with E-state index in [2.05, 4.69) is 0 Å². The fourth-order valence-electron chi connectivity index (χ4n) is 3.19. The molecule has 0 aromatic heterocycles. The van der Waals surface area contributed by atoms with Gasteiger partial charge in [-0.2, -0.15) is 0 Å². The van der Waals surface area contributed by atoms with Crippen molar-refractivity contribution in [1.29, 1.82) is 0 Å². The Balaban J connectivity index is 1.84. The van der Waals surface area contributed by atoms with Crippen LogP contribution in [0.4, 0.5) is 0 Å². The van der Waals surface area contributed by atoms with Crippen LogP contribution in [-0.2, 0) is 6.42 Å². The maximum Gasteiger partial charge on any atom is 0.174 e. The second-order valence-corrected chi connectivity index (χ2v) is 6.09. The third-order valence-corrected chi connectivity index (χ3v) is 4.52. The van der Waals surface area contributed by atoms with E-state index in [0.29, 0.717) is 28.6 Å². The minimum atomic E-state index is -0.0364. The molecule has 26 heavy (non-hydrogen) atoms. The molecule has 130 valence electrons. The first-order valence-electron chi connectivity index (χ1n) is 8.35. The Bertz CT molecular complexity index is 977. The molecular formula is C22H18O4. The van der Waals surface area contributed by atoms with Gasteiger partial charge in [-0.1, -0.05) is 42.5 Å². The summed E-state index contributed by atoms with van der Waals surface area (Å²) in [5.41, 5.74) is 3.44. The molecule has 0 saturated carbocycles. The van der Waals surface area contributed by atoms with E-state index in [1.54, 1.807) is 19.2 Å². The van der Waals surface area contributed by atoms with Crippen LogP contribution in [-0.4, -0.2) is 20.0 Å². The maximum absolute atomic E-state index is 12.8. The molecule has 4 rings (SSSR count). The zero-order valence-electron chi connectivity index (χ0n) is 14.6. The standard InChI is InChI=1S/C22H18O4/c1-24-17-12-20(25-2)22-18(23)10-16-9-8-15(14-6-4-3-5-7-14)11-19(16)26-21(22)13-17/h3-9,11-13H,10H2,1-2H3. The molecule has 4 nitrogen and oxygen atoms in total. The van der Waals surface area contributed by atoms with Gasteiger partial charge in [-0.05, 0) is 17.2 Å². The summed E-state index contributed by atoms with van der Waals surface area (Å²) in [6.45, 7) is 0. The van der Waals surface area contributed by atoms with Gasteiger partial charge in [0.15, 0.2) is 5.78 Å². The van der Waals surface area contributed by atoms with Gasteiger partial charge in [-0.3, -0.25) is 4.79 Å². The first kappa shape index (κ1) is 16.2. The number of fused-ring (bicyclic) bond motifs is 2. The lowest BCUT2D eigenvalue weighted by Gasteiger charge is -2.13. The summed E-state index contributed by atoms with van der Waals surface area (Å²) in [5.74, 6) is 2.13. The van der Waals surface area contributed by atoms with Crippen LogP contribution < -0.4 is 14.2 Å². The van der Waals surface area contributed by atoms with Crippen molar-refractivity contribution in [2.75, 3.05) is 14.2 Å². The molecule has 0 atom stereocenters. The minimum Gasteiger partial charge on any atom is -0.496 e. The first-order valence-corrected chi connectivity index (χ1v) is 8.35. The third-order valence-electron chi connectivity index (χ3n) is 4.52. The Kier molecular flexibility index (Phi) is 4.09. The van der Waals surface area contributed by atoms with Crippen LogP contribution in [0.2, 0.25) is 0 Å². The van der Waals surface area contributed by atoms with E-state index in [1.807, 2.05) is 48.5 Å². The zero-order chi connectivity index (χ0) is 18.1. The molecule has 0 unspecified atom stereocenters. The van der Waals surface area contributed by atoms with Gasteiger partial charge in [0.1, 0.15) is 28.6 Å². The Morgan fingerprint density at radius 2 is 1.65 bits per heavy atom. The summed E-state index contributed by atoms with van der Waals surface area (Å²) in [6.07, 6.45) is 0.264. The molecule has 1 aliphatic rings. The molecule has 0 bridgehead atoms. The third kappa shape index (κ3) is 2.80. The highest BCUT2D eigenvalue weighted by atomic mass is 16.5. The molecular weight excluding hydrogens is 328 g/mol. The molecule has 0 N–H and O–H groups in total. The molecule has 1 heterocycles. The Morgan fingerprint density at radius 1 is 0.846 bits per heavy atom. The van der Waals surface area contributed by atoms with Gasteiger partial charge < -0.3 is 14.2 Å². The van der Waals surface area contributed by atoms with Crippen LogP contribution in [0, 0.1) is 0 Å². The largest absolute Gasteiger partial charge is 0.496 e. The van der Waals surface area contributed by atoms with Crippen molar-refractivity contribution >= 4 is 5.78 Å². The van der Waals surface area contributed by atoms with E-state index in [-0.39, 0.29) is 12.2 Å². The van der Waals surface area contributed by atoms with Crippen LogP contribution in [0.1, 0.15) is 15.9 Å². The number of hydrogen-bond donors (Lipinski definition) is 0. The number of carbonyl (C=O) groups excluding carboxylic acids is 1. The summed E-state index contributed by atoms with van der Waals surface area (Å²) < 4.78 is 16.8. The number of hydrogen-bond acceptors (Lipinski definition) is 4. The SMILES string of the molecule is COc1cc(OC)c2c(c1)Oc1cc(-c3ccccc3)ccc1CC2=O. The summed E-state index contributed by atoms with van der Waals surface area (Å²) in [6, 6.07) is 19.4. The quantitative estimate of drug-likeness (QED) is 0.676. The highest BCUT2D eigenvalue weighted by Crippen LogP contribution is 2.42. The molecule has 0 amide bonds. The number of carbonyl (C=O) groups is 1. The number of Topliss-reactive ketones (excluding diaryl/α,β-unsaturated/α-hetero) is 1. The van der Waals surface area contributed by atoms with Crippen molar-refractivity contribution in [3.05, 3.63) is 71.8 Å². The van der Waals surface area contributed by atoms with Crippen molar-refractivity contribution in [2.24, 2.45) is 0 Å². The molecule has 0 saturated heterocycles.